The van der Waals surface area contributed by atoms with Gasteiger partial charge in [-0.3, -0.25) is 4.79 Å². The minimum Gasteiger partial charge on any atom is -0.482 e. The Labute approximate surface area is 168 Å². The van der Waals surface area contributed by atoms with Gasteiger partial charge in [0.25, 0.3) is 0 Å². The summed E-state index contributed by atoms with van der Waals surface area (Å²) in [5.41, 5.74) is 4.24. The fourth-order valence-electron chi connectivity index (χ4n) is 3.80. The summed E-state index contributed by atoms with van der Waals surface area (Å²) in [6.45, 7) is 8.45. The van der Waals surface area contributed by atoms with E-state index in [-0.39, 0.29) is 5.78 Å². The van der Waals surface area contributed by atoms with Gasteiger partial charge >= 0.3 is 0 Å². The lowest BCUT2D eigenvalue weighted by atomic mass is 9.97. The first-order valence-electron chi connectivity index (χ1n) is 9.08. The topological polar surface area (TPSA) is 26.3 Å². The number of ketones is 1. The molecule has 0 aliphatic heterocycles. The highest BCUT2D eigenvalue weighted by Crippen LogP contribution is 2.44. The molecule has 2 aromatic heterocycles. The van der Waals surface area contributed by atoms with Crippen LogP contribution in [-0.2, 0) is 4.79 Å². The maximum absolute atomic E-state index is 13.4. The zero-order valence-corrected chi connectivity index (χ0v) is 17.6. The van der Waals surface area contributed by atoms with Crippen LogP contribution in [0.15, 0.2) is 42.5 Å². The molecule has 0 saturated heterocycles. The molecule has 1 aliphatic carbocycles. The SMILES string of the molecule is Cc1cc(C2=C(c3cc(C)sc3C)C(=O)C(Oc3ccccc3)C2)c(C)s1. The molecule has 0 radical (unpaired) electrons. The summed E-state index contributed by atoms with van der Waals surface area (Å²) in [4.78, 5) is 18.4. The van der Waals surface area contributed by atoms with Crippen molar-refractivity contribution in [2.45, 2.75) is 40.2 Å². The summed E-state index contributed by atoms with van der Waals surface area (Å²) in [5.74, 6) is 0.839. The minimum atomic E-state index is -0.461. The third-order valence-corrected chi connectivity index (χ3v) is 6.86. The first kappa shape index (κ1) is 18.2. The molecule has 1 aliphatic rings. The Morgan fingerprint density at radius 2 is 1.48 bits per heavy atom. The second-order valence-corrected chi connectivity index (χ2v) is 9.92. The number of para-hydroxylation sites is 1. The Hall–Kier alpha value is -2.17. The lowest BCUT2D eigenvalue weighted by Crippen LogP contribution is -2.23. The Kier molecular flexibility index (Phi) is 4.79. The number of carbonyl (C=O) groups excluding carboxylic acids is 1. The molecule has 3 aromatic rings. The number of Topliss-reactive ketones (excluding diaryl/α,β-unsaturated/α-hetero) is 1. The van der Waals surface area contributed by atoms with Gasteiger partial charge in [-0.05, 0) is 68.7 Å². The van der Waals surface area contributed by atoms with Gasteiger partial charge in [0.1, 0.15) is 5.75 Å². The largest absolute Gasteiger partial charge is 0.482 e. The van der Waals surface area contributed by atoms with Crippen LogP contribution in [0.25, 0.3) is 11.1 Å². The number of thiophene rings is 2. The van der Waals surface area contributed by atoms with Crippen LogP contribution in [0.5, 0.6) is 5.75 Å². The van der Waals surface area contributed by atoms with Crippen molar-refractivity contribution in [3.63, 3.8) is 0 Å². The monoisotopic (exact) mass is 394 g/mol. The number of carbonyl (C=O) groups is 1. The van der Waals surface area contributed by atoms with E-state index in [4.69, 9.17) is 4.74 Å². The van der Waals surface area contributed by atoms with Crippen molar-refractivity contribution in [3.8, 4) is 5.75 Å². The fraction of sp³-hybridized carbons (Fsp3) is 0.261. The van der Waals surface area contributed by atoms with E-state index >= 15 is 0 Å². The molecule has 1 aromatic carbocycles. The van der Waals surface area contributed by atoms with Crippen molar-refractivity contribution in [1.82, 2.24) is 0 Å². The lowest BCUT2D eigenvalue weighted by molar-refractivity contribution is -0.119. The van der Waals surface area contributed by atoms with Crippen LogP contribution in [0, 0.1) is 27.7 Å². The number of aryl methyl sites for hydroxylation is 4. The van der Waals surface area contributed by atoms with Gasteiger partial charge in [-0.25, -0.2) is 0 Å². The standard InChI is InChI=1S/C23H22O2S2/c1-13-10-18(15(3)26-13)20-12-21(25-17-8-6-5-7-9-17)23(24)22(20)19-11-14(2)27-16(19)4/h5-11,21H,12H2,1-4H3. The number of benzene rings is 1. The van der Waals surface area contributed by atoms with Gasteiger partial charge in [0.2, 0.25) is 5.78 Å². The third kappa shape index (κ3) is 3.40. The number of rotatable bonds is 4. The highest BCUT2D eigenvalue weighted by Gasteiger charge is 2.37. The number of ether oxygens (including phenoxy) is 1. The van der Waals surface area contributed by atoms with Crippen LogP contribution in [-0.4, -0.2) is 11.9 Å². The molecule has 0 spiro atoms. The van der Waals surface area contributed by atoms with Gasteiger partial charge in [-0.2, -0.15) is 0 Å². The molecule has 0 saturated carbocycles. The van der Waals surface area contributed by atoms with E-state index in [9.17, 15) is 4.79 Å². The smallest absolute Gasteiger partial charge is 0.204 e. The first-order valence-corrected chi connectivity index (χ1v) is 10.7. The van der Waals surface area contributed by atoms with Crippen molar-refractivity contribution in [2.75, 3.05) is 0 Å². The highest BCUT2D eigenvalue weighted by atomic mass is 32.1. The van der Waals surface area contributed by atoms with Gasteiger partial charge in [-0.15, -0.1) is 22.7 Å². The summed E-state index contributed by atoms with van der Waals surface area (Å²) in [5, 5.41) is 0. The van der Waals surface area contributed by atoms with Gasteiger partial charge in [0, 0.05) is 31.5 Å². The van der Waals surface area contributed by atoms with E-state index in [1.165, 1.54) is 25.1 Å². The molecular formula is C23H22O2S2. The van der Waals surface area contributed by atoms with Crippen LogP contribution in [0.2, 0.25) is 0 Å². The summed E-state index contributed by atoms with van der Waals surface area (Å²) >= 11 is 3.53. The van der Waals surface area contributed by atoms with Crippen molar-refractivity contribution >= 4 is 39.6 Å². The van der Waals surface area contributed by atoms with Crippen LogP contribution >= 0.6 is 22.7 Å². The van der Waals surface area contributed by atoms with Crippen LogP contribution in [0.3, 0.4) is 0 Å². The molecule has 0 bridgehead atoms. The van der Waals surface area contributed by atoms with E-state index in [0.29, 0.717) is 6.42 Å². The molecule has 27 heavy (non-hydrogen) atoms. The van der Waals surface area contributed by atoms with E-state index in [1.54, 1.807) is 22.7 Å². The molecule has 4 heteroatoms. The Bertz CT molecular complexity index is 1040. The average Bonchev–Trinajstić information content (AvgIpc) is 3.24. The van der Waals surface area contributed by atoms with Crippen LogP contribution < -0.4 is 4.74 Å². The quantitative estimate of drug-likeness (QED) is 0.513. The number of hydrogen-bond donors (Lipinski definition) is 0. The van der Waals surface area contributed by atoms with Crippen molar-refractivity contribution in [2.24, 2.45) is 0 Å². The molecule has 4 rings (SSSR count). The van der Waals surface area contributed by atoms with Crippen molar-refractivity contribution in [3.05, 3.63) is 73.1 Å². The van der Waals surface area contributed by atoms with Crippen LogP contribution in [0.1, 0.15) is 37.1 Å². The lowest BCUT2D eigenvalue weighted by Gasteiger charge is -2.13. The Balaban J connectivity index is 1.80. The first-order chi connectivity index (χ1) is 12.9. The number of hydrogen-bond acceptors (Lipinski definition) is 4. The third-order valence-electron chi connectivity index (χ3n) is 4.93. The van der Waals surface area contributed by atoms with Crippen LogP contribution in [0.4, 0.5) is 0 Å². The fourth-order valence-corrected chi connectivity index (χ4v) is 5.68. The van der Waals surface area contributed by atoms with E-state index in [0.717, 1.165) is 22.5 Å². The van der Waals surface area contributed by atoms with E-state index in [1.807, 2.05) is 30.3 Å². The normalized spacial score (nSPS) is 17.0. The average molecular weight is 395 g/mol. The van der Waals surface area contributed by atoms with Gasteiger partial charge < -0.3 is 4.74 Å². The summed E-state index contributed by atoms with van der Waals surface area (Å²) in [6, 6.07) is 14.0. The summed E-state index contributed by atoms with van der Waals surface area (Å²) in [7, 11) is 0. The van der Waals surface area contributed by atoms with E-state index in [2.05, 4.69) is 39.8 Å². The molecule has 1 unspecified atom stereocenters. The Morgan fingerprint density at radius 1 is 0.889 bits per heavy atom. The molecule has 0 amide bonds. The van der Waals surface area contributed by atoms with Gasteiger partial charge in [-0.1, -0.05) is 18.2 Å². The predicted octanol–water partition coefficient (Wildman–Crippen LogP) is 6.37. The maximum Gasteiger partial charge on any atom is 0.204 e. The summed E-state index contributed by atoms with van der Waals surface area (Å²) in [6.07, 6.45) is 0.158. The zero-order chi connectivity index (χ0) is 19.1. The molecule has 138 valence electrons. The summed E-state index contributed by atoms with van der Waals surface area (Å²) < 4.78 is 6.10. The Morgan fingerprint density at radius 3 is 2.04 bits per heavy atom. The molecule has 0 N–H and O–H groups in total. The predicted molar refractivity (Wildman–Crippen MR) is 115 cm³/mol. The second-order valence-electron chi connectivity index (χ2n) is 7.00. The molecule has 0 fully saturated rings. The highest BCUT2D eigenvalue weighted by molar-refractivity contribution is 7.12. The second kappa shape index (κ2) is 7.10. The van der Waals surface area contributed by atoms with Crippen molar-refractivity contribution in [1.29, 1.82) is 0 Å². The molecular weight excluding hydrogens is 372 g/mol. The molecule has 2 heterocycles. The van der Waals surface area contributed by atoms with Gasteiger partial charge in [0.15, 0.2) is 6.10 Å². The maximum atomic E-state index is 13.4. The zero-order valence-electron chi connectivity index (χ0n) is 16.0. The van der Waals surface area contributed by atoms with Gasteiger partial charge in [0.05, 0.1) is 0 Å². The van der Waals surface area contributed by atoms with Crippen molar-refractivity contribution < 1.29 is 9.53 Å². The van der Waals surface area contributed by atoms with E-state index < -0.39 is 6.10 Å². The molecule has 2 nitrogen and oxygen atoms in total. The molecule has 1 atom stereocenters. The minimum absolute atomic E-state index is 0.0954.